The number of ether oxygens (including phenoxy) is 2. The van der Waals surface area contributed by atoms with Gasteiger partial charge in [0.2, 0.25) is 0 Å². The highest BCUT2D eigenvalue weighted by Gasteiger charge is 2.32. The summed E-state index contributed by atoms with van der Waals surface area (Å²) in [5.41, 5.74) is -4.38. The molecule has 0 radical (unpaired) electrons. The molecule has 4 aromatic carbocycles. The van der Waals surface area contributed by atoms with E-state index in [1.807, 2.05) is 0 Å². The Hall–Kier alpha value is -3.88. The molecule has 4 aromatic rings. The number of halogens is 9. The smallest absolute Gasteiger partial charge is 0.457 e. The molecule has 14 heteroatoms. The van der Waals surface area contributed by atoms with Gasteiger partial charge in [-0.2, -0.15) is 26.3 Å². The fourth-order valence-electron chi connectivity index (χ4n) is 4.24. The molecule has 0 bridgehead atoms. The molecule has 0 fully saturated rings. The van der Waals surface area contributed by atoms with Gasteiger partial charge >= 0.3 is 18.0 Å². The summed E-state index contributed by atoms with van der Waals surface area (Å²) in [5, 5.41) is 13.3. The number of benzene rings is 4. The average Bonchev–Trinajstić information content (AvgIpc) is 2.93. The number of nitrogens with one attached hydrogen (secondary N) is 1. The topological polar surface area (TPSA) is 50.7 Å². The lowest BCUT2D eigenvalue weighted by molar-refractivity contribution is -0.274. The van der Waals surface area contributed by atoms with Gasteiger partial charge in [0.25, 0.3) is 0 Å². The Kier molecular flexibility index (Phi) is 10.1. The average molecular weight is 648 g/mol. The first-order chi connectivity index (χ1) is 20.6. The maximum atomic E-state index is 13.1. The first-order valence-corrected chi connectivity index (χ1v) is 13.4. The highest BCUT2D eigenvalue weighted by molar-refractivity contribution is 8.00. The van der Waals surface area contributed by atoms with Crippen molar-refractivity contribution >= 4 is 11.8 Å². The summed E-state index contributed by atoms with van der Waals surface area (Å²) in [6.45, 7) is -0.568. The molecular formula is C30H22F9NO3S. The standard InChI is InChI=1S/C30H22F9NO3S/c31-28(32,33)21-9-7-18(8-10-21)26(17-41)40-27(20-4-2-6-25(16-20)44-30(37,38)39)19-3-1-5-24(15-19)42-22-11-13-23(14-12-22)43-29(34,35)36/h1-16,26-27,40-41H,17H2. The zero-order chi connectivity index (χ0) is 32.1. The Bertz CT molecular complexity index is 1520. The molecule has 0 aliphatic carbocycles. The molecule has 0 spiro atoms. The Morgan fingerprint density at radius 3 is 1.82 bits per heavy atom. The van der Waals surface area contributed by atoms with E-state index in [-0.39, 0.29) is 28.2 Å². The Morgan fingerprint density at radius 1 is 0.659 bits per heavy atom. The van der Waals surface area contributed by atoms with Crippen LogP contribution in [-0.4, -0.2) is 23.6 Å². The van der Waals surface area contributed by atoms with E-state index in [1.54, 1.807) is 18.2 Å². The molecule has 44 heavy (non-hydrogen) atoms. The van der Waals surface area contributed by atoms with Gasteiger partial charge in [-0.25, -0.2) is 0 Å². The van der Waals surface area contributed by atoms with Gasteiger partial charge in [0.15, 0.2) is 0 Å². The molecule has 0 aliphatic heterocycles. The van der Waals surface area contributed by atoms with Crippen molar-refractivity contribution < 1.29 is 54.1 Å². The van der Waals surface area contributed by atoms with Crippen LogP contribution >= 0.6 is 11.8 Å². The van der Waals surface area contributed by atoms with Crippen LogP contribution in [0.25, 0.3) is 0 Å². The zero-order valence-corrected chi connectivity index (χ0v) is 23.0. The van der Waals surface area contributed by atoms with Crippen molar-refractivity contribution in [1.82, 2.24) is 5.32 Å². The number of hydrogen-bond donors (Lipinski definition) is 2. The van der Waals surface area contributed by atoms with Gasteiger partial charge in [-0.3, -0.25) is 5.32 Å². The van der Waals surface area contributed by atoms with Crippen LogP contribution in [0.3, 0.4) is 0 Å². The fourth-order valence-corrected chi connectivity index (χ4v) is 4.85. The third-order valence-electron chi connectivity index (χ3n) is 6.10. The monoisotopic (exact) mass is 647 g/mol. The number of thioether (sulfide) groups is 1. The molecule has 0 amide bonds. The normalized spacial score (nSPS) is 13.8. The van der Waals surface area contributed by atoms with Crippen molar-refractivity contribution in [2.24, 2.45) is 0 Å². The van der Waals surface area contributed by atoms with E-state index in [2.05, 4.69) is 10.1 Å². The molecule has 234 valence electrons. The highest BCUT2D eigenvalue weighted by Crippen LogP contribution is 2.39. The van der Waals surface area contributed by atoms with E-state index in [1.165, 1.54) is 54.6 Å². The van der Waals surface area contributed by atoms with Crippen LogP contribution in [0, 0.1) is 0 Å². The van der Waals surface area contributed by atoms with E-state index in [4.69, 9.17) is 4.74 Å². The number of rotatable bonds is 10. The third-order valence-corrected chi connectivity index (χ3v) is 6.82. The molecule has 0 saturated carbocycles. The van der Waals surface area contributed by atoms with Gasteiger partial charge in [-0.1, -0.05) is 36.4 Å². The van der Waals surface area contributed by atoms with E-state index in [0.29, 0.717) is 16.7 Å². The number of alkyl halides is 9. The van der Waals surface area contributed by atoms with Crippen molar-refractivity contribution in [3.8, 4) is 17.2 Å². The fraction of sp³-hybridized carbons (Fsp3) is 0.200. The van der Waals surface area contributed by atoms with Gasteiger partial charge in [0.05, 0.1) is 24.3 Å². The van der Waals surface area contributed by atoms with E-state index >= 15 is 0 Å². The lowest BCUT2D eigenvalue weighted by Gasteiger charge is -2.27. The van der Waals surface area contributed by atoms with Gasteiger partial charge in [0.1, 0.15) is 17.2 Å². The minimum absolute atomic E-state index is 0.120. The molecule has 0 aromatic heterocycles. The van der Waals surface area contributed by atoms with Crippen molar-refractivity contribution in [3.05, 3.63) is 119 Å². The molecule has 2 N–H and O–H groups in total. The lowest BCUT2D eigenvalue weighted by Crippen LogP contribution is -2.30. The van der Waals surface area contributed by atoms with Crippen LogP contribution in [0.1, 0.15) is 34.3 Å². The van der Waals surface area contributed by atoms with Crippen molar-refractivity contribution in [2.75, 3.05) is 6.61 Å². The molecule has 4 nitrogen and oxygen atoms in total. The van der Waals surface area contributed by atoms with Crippen molar-refractivity contribution in [3.63, 3.8) is 0 Å². The van der Waals surface area contributed by atoms with E-state index in [0.717, 1.165) is 24.3 Å². The van der Waals surface area contributed by atoms with Crippen LogP contribution in [0.2, 0.25) is 0 Å². The molecule has 0 heterocycles. The summed E-state index contributed by atoms with van der Waals surface area (Å²) in [5.74, 6) is -0.0878. The summed E-state index contributed by atoms with van der Waals surface area (Å²) < 4.78 is 126. The first kappa shape index (κ1) is 33.0. The van der Waals surface area contributed by atoms with E-state index in [9.17, 15) is 44.6 Å². The van der Waals surface area contributed by atoms with Gasteiger partial charge in [-0.15, -0.1) is 13.2 Å². The molecule has 0 saturated heterocycles. The van der Waals surface area contributed by atoms with Gasteiger partial charge in [0, 0.05) is 4.90 Å². The quantitative estimate of drug-likeness (QED) is 0.133. The minimum atomic E-state index is -4.87. The maximum absolute atomic E-state index is 13.1. The van der Waals surface area contributed by atoms with Crippen molar-refractivity contribution in [2.45, 2.75) is 35.0 Å². The van der Waals surface area contributed by atoms with E-state index < -0.39 is 48.1 Å². The van der Waals surface area contributed by atoms with Crippen LogP contribution in [0.4, 0.5) is 39.5 Å². The zero-order valence-electron chi connectivity index (χ0n) is 22.2. The Balaban J connectivity index is 1.66. The second-order valence-electron chi connectivity index (χ2n) is 9.27. The maximum Gasteiger partial charge on any atom is 0.573 e. The summed E-state index contributed by atoms with van der Waals surface area (Å²) in [6, 6.07) is 18.6. The molecule has 4 rings (SSSR count). The molecule has 2 atom stereocenters. The predicted molar refractivity (Wildman–Crippen MR) is 144 cm³/mol. The highest BCUT2D eigenvalue weighted by atomic mass is 32.2. The van der Waals surface area contributed by atoms with Crippen LogP contribution in [0.15, 0.2) is 102 Å². The number of hydrogen-bond acceptors (Lipinski definition) is 5. The van der Waals surface area contributed by atoms with Crippen molar-refractivity contribution in [1.29, 1.82) is 0 Å². The summed E-state index contributed by atoms with van der Waals surface area (Å²) in [4.78, 5) is -0.120. The summed E-state index contributed by atoms with van der Waals surface area (Å²) >= 11 is -0.327. The number of aliphatic hydroxyl groups is 1. The number of aliphatic hydroxyl groups excluding tert-OH is 1. The molecule has 2 unspecified atom stereocenters. The van der Waals surface area contributed by atoms with Gasteiger partial charge < -0.3 is 14.6 Å². The van der Waals surface area contributed by atoms with Crippen LogP contribution < -0.4 is 14.8 Å². The van der Waals surface area contributed by atoms with Crippen LogP contribution in [-0.2, 0) is 6.18 Å². The third kappa shape index (κ3) is 9.56. The molecule has 0 aliphatic rings. The second kappa shape index (κ2) is 13.4. The summed E-state index contributed by atoms with van der Waals surface area (Å²) in [7, 11) is 0. The molecular weight excluding hydrogens is 625 g/mol. The SMILES string of the molecule is OCC(NC(c1cccc(Oc2ccc(OC(F)(F)F)cc2)c1)c1cccc(SC(F)(F)F)c1)c1ccc(C(F)(F)F)cc1. The first-order valence-electron chi connectivity index (χ1n) is 12.6. The Labute approximate surface area is 249 Å². The van der Waals surface area contributed by atoms with Gasteiger partial charge in [-0.05, 0) is 89.1 Å². The van der Waals surface area contributed by atoms with Crippen LogP contribution in [0.5, 0.6) is 17.2 Å². The predicted octanol–water partition coefficient (Wildman–Crippen LogP) is 9.42. The lowest BCUT2D eigenvalue weighted by atomic mass is 9.96. The Morgan fingerprint density at radius 2 is 1.25 bits per heavy atom. The largest absolute Gasteiger partial charge is 0.573 e. The minimum Gasteiger partial charge on any atom is -0.457 e. The second-order valence-corrected chi connectivity index (χ2v) is 10.4. The summed E-state index contributed by atoms with van der Waals surface area (Å²) in [6.07, 6.45) is -9.45.